The van der Waals surface area contributed by atoms with Crippen LogP contribution in [0.15, 0.2) is 23.1 Å². The van der Waals surface area contributed by atoms with Crippen molar-refractivity contribution >= 4 is 15.7 Å². The number of sulfonamides is 1. The highest BCUT2D eigenvalue weighted by Gasteiger charge is 2.17. The van der Waals surface area contributed by atoms with Crippen molar-refractivity contribution in [3.8, 4) is 0 Å². The first-order chi connectivity index (χ1) is 9.13. The Balaban J connectivity index is 1.95. The van der Waals surface area contributed by atoms with Gasteiger partial charge in [0.05, 0.1) is 4.90 Å². The van der Waals surface area contributed by atoms with Gasteiger partial charge in [-0.05, 0) is 37.5 Å². The number of ether oxygens (including phenoxy) is 1. The smallest absolute Gasteiger partial charge is 0.240 e. The summed E-state index contributed by atoms with van der Waals surface area (Å²) in [4.78, 5) is 0.317. The first-order valence-corrected chi connectivity index (χ1v) is 8.06. The van der Waals surface area contributed by atoms with E-state index in [1.54, 1.807) is 12.1 Å². The number of rotatable bonds is 7. The number of nitrogens with one attached hydrogen (secondary N) is 2. The number of hydrogen-bond acceptors (Lipinski definition) is 4. The maximum atomic E-state index is 12.1. The van der Waals surface area contributed by atoms with E-state index in [0.717, 1.165) is 18.7 Å². The van der Waals surface area contributed by atoms with Crippen LogP contribution in [0.4, 0.5) is 5.69 Å². The van der Waals surface area contributed by atoms with Crippen LogP contribution in [0.3, 0.4) is 0 Å². The largest absolute Gasteiger partial charge is 0.384 e. The van der Waals surface area contributed by atoms with Gasteiger partial charge in [-0.3, -0.25) is 0 Å². The van der Waals surface area contributed by atoms with Crippen LogP contribution in [0.1, 0.15) is 18.9 Å². The Morgan fingerprint density at radius 2 is 2.26 bits per heavy atom. The van der Waals surface area contributed by atoms with Gasteiger partial charge in [-0.15, -0.1) is 0 Å². The average molecular weight is 284 g/mol. The fraction of sp³-hybridized carbons (Fsp3) is 0.538. The molecule has 0 saturated heterocycles. The molecule has 5 nitrogen and oxygen atoms in total. The molecule has 1 heterocycles. The molecular formula is C13H20N2O3S. The van der Waals surface area contributed by atoms with Gasteiger partial charge in [-0.2, -0.15) is 0 Å². The summed E-state index contributed by atoms with van der Waals surface area (Å²) in [5.74, 6) is 0. The van der Waals surface area contributed by atoms with Crippen molar-refractivity contribution in [1.29, 1.82) is 0 Å². The van der Waals surface area contributed by atoms with Crippen LogP contribution in [0.25, 0.3) is 0 Å². The molecule has 0 saturated carbocycles. The highest BCUT2D eigenvalue weighted by Crippen LogP contribution is 2.25. The molecule has 0 radical (unpaired) electrons. The molecule has 2 rings (SSSR count). The van der Waals surface area contributed by atoms with E-state index in [9.17, 15) is 8.42 Å². The minimum absolute atomic E-state index is 0.317. The molecule has 1 aromatic rings. The zero-order valence-corrected chi connectivity index (χ0v) is 11.9. The second kappa shape index (κ2) is 6.36. The molecule has 0 atom stereocenters. The summed E-state index contributed by atoms with van der Waals surface area (Å²) in [5.41, 5.74) is 2.10. The van der Waals surface area contributed by atoms with Gasteiger partial charge in [0, 0.05) is 32.0 Å². The second-order valence-corrected chi connectivity index (χ2v) is 6.21. The Morgan fingerprint density at radius 1 is 1.42 bits per heavy atom. The highest BCUT2D eigenvalue weighted by atomic mass is 32.2. The predicted octanol–water partition coefficient (Wildman–Crippen LogP) is 1.36. The third kappa shape index (κ3) is 3.68. The van der Waals surface area contributed by atoms with E-state index in [2.05, 4.69) is 10.0 Å². The fourth-order valence-corrected chi connectivity index (χ4v) is 3.15. The summed E-state index contributed by atoms with van der Waals surface area (Å²) in [7, 11) is -3.41. The van der Waals surface area contributed by atoms with Crippen LogP contribution in [0, 0.1) is 0 Å². The molecular weight excluding hydrogens is 264 g/mol. The monoisotopic (exact) mass is 284 g/mol. The van der Waals surface area contributed by atoms with Crippen LogP contribution in [0.5, 0.6) is 0 Å². The molecule has 6 heteroatoms. The minimum Gasteiger partial charge on any atom is -0.384 e. The van der Waals surface area contributed by atoms with Crippen molar-refractivity contribution in [3.05, 3.63) is 23.8 Å². The lowest BCUT2D eigenvalue weighted by molar-refractivity contribution is 0.146. The Bertz CT molecular complexity index is 529. The predicted molar refractivity (Wildman–Crippen MR) is 74.9 cm³/mol. The Kier molecular flexibility index (Phi) is 4.79. The van der Waals surface area contributed by atoms with E-state index >= 15 is 0 Å². The lowest BCUT2D eigenvalue weighted by Crippen LogP contribution is -2.25. The molecule has 0 fully saturated rings. The van der Waals surface area contributed by atoms with E-state index in [0.29, 0.717) is 31.1 Å². The molecule has 2 N–H and O–H groups in total. The molecule has 19 heavy (non-hydrogen) atoms. The normalized spacial score (nSPS) is 14.2. The third-order valence-electron chi connectivity index (χ3n) is 3.06. The topological polar surface area (TPSA) is 67.4 Å². The number of anilines is 1. The Morgan fingerprint density at radius 3 is 3.05 bits per heavy atom. The van der Waals surface area contributed by atoms with Gasteiger partial charge in [-0.1, -0.05) is 6.07 Å². The van der Waals surface area contributed by atoms with E-state index in [-0.39, 0.29) is 0 Å². The van der Waals surface area contributed by atoms with Gasteiger partial charge in [0.25, 0.3) is 0 Å². The zero-order chi connectivity index (χ0) is 13.7. The molecule has 0 aromatic heterocycles. The highest BCUT2D eigenvalue weighted by molar-refractivity contribution is 7.89. The van der Waals surface area contributed by atoms with Crippen LogP contribution < -0.4 is 10.0 Å². The lowest BCUT2D eigenvalue weighted by Gasteiger charge is -2.08. The number of fused-ring (bicyclic) bond motifs is 1. The Labute approximate surface area is 114 Å². The third-order valence-corrected chi connectivity index (χ3v) is 4.52. The van der Waals surface area contributed by atoms with Crippen molar-refractivity contribution < 1.29 is 13.2 Å². The van der Waals surface area contributed by atoms with E-state index < -0.39 is 10.0 Å². The molecule has 0 spiro atoms. The molecule has 0 amide bonds. The van der Waals surface area contributed by atoms with Crippen LogP contribution in [0.2, 0.25) is 0 Å². The van der Waals surface area contributed by atoms with Crippen molar-refractivity contribution in [2.75, 3.05) is 31.6 Å². The summed E-state index contributed by atoms with van der Waals surface area (Å²) in [6, 6.07) is 5.24. The van der Waals surface area contributed by atoms with Gasteiger partial charge in [0.15, 0.2) is 0 Å². The van der Waals surface area contributed by atoms with Gasteiger partial charge < -0.3 is 10.1 Å². The summed E-state index contributed by atoms with van der Waals surface area (Å²) < 4.78 is 31.9. The zero-order valence-electron chi connectivity index (χ0n) is 11.1. The average Bonchev–Trinajstić information content (AvgIpc) is 2.85. The minimum atomic E-state index is -3.41. The van der Waals surface area contributed by atoms with E-state index in [1.165, 1.54) is 5.56 Å². The maximum absolute atomic E-state index is 12.1. The lowest BCUT2D eigenvalue weighted by atomic mass is 10.2. The van der Waals surface area contributed by atoms with Crippen LogP contribution >= 0.6 is 0 Å². The molecule has 106 valence electrons. The van der Waals surface area contributed by atoms with Crippen molar-refractivity contribution in [3.63, 3.8) is 0 Å². The van der Waals surface area contributed by atoms with Crippen molar-refractivity contribution in [1.82, 2.24) is 4.72 Å². The molecule has 0 unspecified atom stereocenters. The molecule has 0 aliphatic carbocycles. The molecule has 0 bridgehead atoms. The first-order valence-electron chi connectivity index (χ1n) is 6.57. The van der Waals surface area contributed by atoms with Crippen molar-refractivity contribution in [2.45, 2.75) is 24.7 Å². The molecule has 1 aromatic carbocycles. The van der Waals surface area contributed by atoms with Crippen LogP contribution in [-0.2, 0) is 21.2 Å². The van der Waals surface area contributed by atoms with E-state index in [4.69, 9.17) is 4.74 Å². The standard InChI is InChI=1S/C13H20N2O3S/c1-2-18-9-3-7-15-19(16,17)12-5-4-11-6-8-14-13(11)10-12/h4-5,10,14-15H,2-3,6-9H2,1H3. The summed E-state index contributed by atoms with van der Waals surface area (Å²) >= 11 is 0. The first kappa shape index (κ1) is 14.3. The van der Waals surface area contributed by atoms with Gasteiger partial charge >= 0.3 is 0 Å². The quantitative estimate of drug-likeness (QED) is 0.742. The maximum Gasteiger partial charge on any atom is 0.240 e. The summed E-state index contributed by atoms with van der Waals surface area (Å²) in [6.07, 6.45) is 1.63. The fourth-order valence-electron chi connectivity index (χ4n) is 2.05. The van der Waals surface area contributed by atoms with Gasteiger partial charge in [0.2, 0.25) is 10.0 Å². The van der Waals surface area contributed by atoms with Gasteiger partial charge in [-0.25, -0.2) is 13.1 Å². The molecule has 1 aliphatic rings. The second-order valence-electron chi connectivity index (χ2n) is 4.44. The van der Waals surface area contributed by atoms with E-state index in [1.807, 2.05) is 13.0 Å². The van der Waals surface area contributed by atoms with Gasteiger partial charge in [0.1, 0.15) is 0 Å². The summed E-state index contributed by atoms with van der Waals surface area (Å²) in [5, 5.41) is 3.18. The SMILES string of the molecule is CCOCCCNS(=O)(=O)c1ccc2c(c1)NCC2. The molecule has 1 aliphatic heterocycles. The van der Waals surface area contributed by atoms with Crippen molar-refractivity contribution in [2.24, 2.45) is 0 Å². The summed E-state index contributed by atoms with van der Waals surface area (Å²) in [6.45, 7) is 4.42. The Hall–Kier alpha value is -1.11. The number of hydrogen-bond donors (Lipinski definition) is 2. The number of benzene rings is 1. The van der Waals surface area contributed by atoms with Crippen LogP contribution in [-0.4, -0.2) is 34.7 Å².